The highest BCUT2D eigenvalue weighted by molar-refractivity contribution is 5.84. The van der Waals surface area contributed by atoms with Crippen molar-refractivity contribution in [1.29, 1.82) is 0 Å². The molecule has 3 heterocycles. The third kappa shape index (κ3) is 2.29. The number of likely N-dealkylation sites (tertiary alicyclic amines) is 1. The molecule has 5 heteroatoms. The van der Waals surface area contributed by atoms with Gasteiger partial charge in [-0.15, -0.1) is 0 Å². The number of furan rings is 1. The minimum absolute atomic E-state index is 0.163. The number of pyridine rings is 1. The van der Waals surface area contributed by atoms with Gasteiger partial charge in [0.05, 0.1) is 17.9 Å². The number of primary amides is 1. The van der Waals surface area contributed by atoms with E-state index in [-0.39, 0.29) is 17.9 Å². The van der Waals surface area contributed by atoms with Crippen molar-refractivity contribution in [1.82, 2.24) is 9.88 Å². The Bertz CT molecular complexity index is 692. The van der Waals surface area contributed by atoms with E-state index in [0.29, 0.717) is 0 Å². The highest BCUT2D eigenvalue weighted by Crippen LogP contribution is 2.40. The second-order valence-electron chi connectivity index (χ2n) is 6.78. The summed E-state index contributed by atoms with van der Waals surface area (Å²) in [5, 5.41) is 0.958. The third-order valence-corrected chi connectivity index (χ3v) is 5.04. The van der Waals surface area contributed by atoms with Gasteiger partial charge in [0.1, 0.15) is 5.58 Å². The quantitative estimate of drug-likeness (QED) is 0.940. The van der Waals surface area contributed by atoms with Gasteiger partial charge in [0, 0.05) is 23.0 Å². The molecule has 2 atom stereocenters. The van der Waals surface area contributed by atoms with Crippen LogP contribution in [0.1, 0.15) is 32.4 Å². The molecular weight excluding hydrogens is 278 g/mol. The first-order valence-electron chi connectivity index (χ1n) is 7.75. The summed E-state index contributed by atoms with van der Waals surface area (Å²) >= 11 is 0. The molecule has 0 radical (unpaired) electrons. The molecule has 2 N–H and O–H groups in total. The molecule has 0 aliphatic carbocycles. The molecule has 5 nitrogen and oxygen atoms in total. The van der Waals surface area contributed by atoms with Gasteiger partial charge >= 0.3 is 0 Å². The standard InChI is InChI=1S/C17H23N3O2/c1-17(2,14(16(18)21)12-5-4-9-20(12)3)15-11-7-10-22-13(11)6-8-19-15/h6-8,10,12,14H,4-5,9H2,1-3H3,(H2,18,21). The summed E-state index contributed by atoms with van der Waals surface area (Å²) in [6.45, 7) is 5.13. The Morgan fingerprint density at radius 3 is 2.91 bits per heavy atom. The van der Waals surface area contributed by atoms with E-state index in [4.69, 9.17) is 10.2 Å². The maximum Gasteiger partial charge on any atom is 0.223 e. The van der Waals surface area contributed by atoms with Crippen molar-refractivity contribution in [2.24, 2.45) is 11.7 Å². The minimum Gasteiger partial charge on any atom is -0.464 e. The second kappa shape index (κ2) is 5.39. The zero-order valence-electron chi connectivity index (χ0n) is 13.4. The molecule has 0 spiro atoms. The smallest absolute Gasteiger partial charge is 0.223 e. The van der Waals surface area contributed by atoms with Gasteiger partial charge in [0.15, 0.2) is 0 Å². The number of hydrogen-bond donors (Lipinski definition) is 1. The van der Waals surface area contributed by atoms with Crippen LogP contribution in [0.2, 0.25) is 0 Å². The summed E-state index contributed by atoms with van der Waals surface area (Å²) in [7, 11) is 2.07. The fraction of sp³-hybridized carbons (Fsp3) is 0.529. The molecule has 0 bridgehead atoms. The van der Waals surface area contributed by atoms with Crippen LogP contribution in [-0.2, 0) is 10.2 Å². The van der Waals surface area contributed by atoms with Crippen molar-refractivity contribution in [2.75, 3.05) is 13.6 Å². The highest BCUT2D eigenvalue weighted by atomic mass is 16.3. The zero-order valence-corrected chi connectivity index (χ0v) is 13.4. The summed E-state index contributed by atoms with van der Waals surface area (Å²) in [6, 6.07) is 3.92. The van der Waals surface area contributed by atoms with E-state index in [1.54, 1.807) is 12.5 Å². The van der Waals surface area contributed by atoms with Gasteiger partial charge in [-0.25, -0.2) is 0 Å². The van der Waals surface area contributed by atoms with E-state index in [9.17, 15) is 4.79 Å². The molecule has 2 aromatic heterocycles. The lowest BCUT2D eigenvalue weighted by Gasteiger charge is -2.38. The van der Waals surface area contributed by atoms with Crippen molar-refractivity contribution in [3.8, 4) is 0 Å². The highest BCUT2D eigenvalue weighted by Gasteiger charge is 2.45. The molecule has 1 saturated heterocycles. The summed E-state index contributed by atoms with van der Waals surface area (Å²) in [6.07, 6.45) is 5.49. The fourth-order valence-electron chi connectivity index (χ4n) is 3.94. The second-order valence-corrected chi connectivity index (χ2v) is 6.78. The maximum absolute atomic E-state index is 12.3. The van der Waals surface area contributed by atoms with Crippen LogP contribution >= 0.6 is 0 Å². The van der Waals surface area contributed by atoms with E-state index in [0.717, 1.165) is 36.0 Å². The molecule has 22 heavy (non-hydrogen) atoms. The van der Waals surface area contributed by atoms with Crippen molar-refractivity contribution in [3.63, 3.8) is 0 Å². The van der Waals surface area contributed by atoms with Crippen LogP contribution in [0, 0.1) is 5.92 Å². The Balaban J connectivity index is 2.09. The Morgan fingerprint density at radius 1 is 1.50 bits per heavy atom. The van der Waals surface area contributed by atoms with Crippen LogP contribution in [0.5, 0.6) is 0 Å². The number of carbonyl (C=O) groups excluding carboxylic acids is 1. The number of nitrogens with zero attached hydrogens (tertiary/aromatic N) is 2. The molecule has 3 rings (SSSR count). The summed E-state index contributed by atoms with van der Waals surface area (Å²) in [4.78, 5) is 19.1. The summed E-state index contributed by atoms with van der Waals surface area (Å²) < 4.78 is 5.47. The van der Waals surface area contributed by atoms with E-state index >= 15 is 0 Å². The van der Waals surface area contributed by atoms with E-state index < -0.39 is 5.41 Å². The van der Waals surface area contributed by atoms with Gasteiger partial charge in [0.2, 0.25) is 5.91 Å². The molecule has 0 saturated carbocycles. The normalized spacial score (nSPS) is 21.3. The van der Waals surface area contributed by atoms with Gasteiger partial charge < -0.3 is 15.1 Å². The van der Waals surface area contributed by atoms with Gasteiger partial charge in [0.25, 0.3) is 0 Å². The number of hydrogen-bond acceptors (Lipinski definition) is 4. The first kappa shape index (κ1) is 15.0. The van der Waals surface area contributed by atoms with Gasteiger partial charge in [-0.2, -0.15) is 0 Å². The molecule has 2 aromatic rings. The first-order chi connectivity index (χ1) is 10.4. The van der Waals surface area contributed by atoms with Crippen LogP contribution in [0.15, 0.2) is 29.0 Å². The Kier molecular flexibility index (Phi) is 3.68. The lowest BCUT2D eigenvalue weighted by molar-refractivity contribution is -0.125. The predicted molar refractivity (Wildman–Crippen MR) is 85.4 cm³/mol. The van der Waals surface area contributed by atoms with Crippen molar-refractivity contribution in [3.05, 3.63) is 30.3 Å². The van der Waals surface area contributed by atoms with Crippen LogP contribution in [-0.4, -0.2) is 35.4 Å². The minimum atomic E-state index is -0.460. The Hall–Kier alpha value is -1.88. The maximum atomic E-state index is 12.3. The van der Waals surface area contributed by atoms with Crippen molar-refractivity contribution >= 4 is 16.9 Å². The lowest BCUT2D eigenvalue weighted by atomic mass is 9.70. The topological polar surface area (TPSA) is 72.4 Å². The van der Waals surface area contributed by atoms with Crippen LogP contribution in [0.3, 0.4) is 0 Å². The molecular formula is C17H23N3O2. The zero-order chi connectivity index (χ0) is 15.9. The number of nitrogens with two attached hydrogens (primary N) is 1. The van der Waals surface area contributed by atoms with Gasteiger partial charge in [-0.05, 0) is 38.6 Å². The van der Waals surface area contributed by atoms with Gasteiger partial charge in [-0.3, -0.25) is 9.78 Å². The Morgan fingerprint density at radius 2 is 2.27 bits per heavy atom. The Labute approximate surface area is 130 Å². The average Bonchev–Trinajstić information content (AvgIpc) is 3.07. The molecule has 2 unspecified atom stereocenters. The molecule has 1 aliphatic rings. The SMILES string of the molecule is CN1CCCC1C(C(N)=O)C(C)(C)c1nccc2occc12. The van der Waals surface area contributed by atoms with Crippen LogP contribution < -0.4 is 5.73 Å². The largest absolute Gasteiger partial charge is 0.464 e. The van der Waals surface area contributed by atoms with Crippen LogP contribution in [0.4, 0.5) is 0 Å². The average molecular weight is 301 g/mol. The molecule has 1 amide bonds. The van der Waals surface area contributed by atoms with Crippen molar-refractivity contribution in [2.45, 2.75) is 38.1 Å². The lowest BCUT2D eigenvalue weighted by Crippen LogP contribution is -2.50. The molecule has 1 aliphatic heterocycles. The van der Waals surface area contributed by atoms with E-state index in [1.807, 2.05) is 12.1 Å². The monoisotopic (exact) mass is 301 g/mol. The van der Waals surface area contributed by atoms with E-state index in [1.165, 1.54) is 0 Å². The number of rotatable bonds is 4. The molecule has 0 aromatic carbocycles. The summed E-state index contributed by atoms with van der Waals surface area (Å²) in [5.74, 6) is -0.543. The number of fused-ring (bicyclic) bond motifs is 1. The first-order valence-corrected chi connectivity index (χ1v) is 7.75. The van der Waals surface area contributed by atoms with Crippen LogP contribution in [0.25, 0.3) is 11.0 Å². The fourth-order valence-corrected chi connectivity index (χ4v) is 3.94. The molecule has 118 valence electrons. The van der Waals surface area contributed by atoms with Crippen molar-refractivity contribution < 1.29 is 9.21 Å². The van der Waals surface area contributed by atoms with E-state index in [2.05, 4.69) is 30.8 Å². The number of carbonyl (C=O) groups is 1. The predicted octanol–water partition coefficient (Wildman–Crippen LogP) is 2.30. The molecule has 1 fully saturated rings. The van der Waals surface area contributed by atoms with Gasteiger partial charge in [-0.1, -0.05) is 13.8 Å². The number of amides is 1. The third-order valence-electron chi connectivity index (χ3n) is 5.04. The summed E-state index contributed by atoms with van der Waals surface area (Å²) in [5.41, 5.74) is 7.02. The number of aromatic nitrogens is 1.